The van der Waals surface area contributed by atoms with Gasteiger partial charge in [0, 0.05) is 12.1 Å². The van der Waals surface area contributed by atoms with Gasteiger partial charge in [-0.2, -0.15) is 0 Å². The van der Waals surface area contributed by atoms with Gasteiger partial charge in [-0.3, -0.25) is 4.79 Å². The highest BCUT2D eigenvalue weighted by atomic mass is 79.9. The van der Waals surface area contributed by atoms with E-state index in [9.17, 15) is 9.18 Å². The van der Waals surface area contributed by atoms with E-state index in [1.807, 2.05) is 18.2 Å². The average Bonchev–Trinajstić information content (AvgIpc) is 2.46. The Kier molecular flexibility index (Phi) is 4.80. The van der Waals surface area contributed by atoms with Crippen molar-refractivity contribution < 1.29 is 13.9 Å². The summed E-state index contributed by atoms with van der Waals surface area (Å²) in [6.45, 7) is 0.404. The maximum atomic E-state index is 13.7. The highest BCUT2D eigenvalue weighted by Crippen LogP contribution is 2.26. The van der Waals surface area contributed by atoms with E-state index in [0.29, 0.717) is 6.54 Å². The monoisotopic (exact) mass is 352 g/mol. The Morgan fingerprint density at radius 1 is 1.33 bits per heavy atom. The normalized spacial score (nSPS) is 10.2. The molecule has 0 radical (unpaired) electrons. The van der Waals surface area contributed by atoms with Crippen LogP contribution in [0.1, 0.15) is 15.9 Å². The predicted molar refractivity (Wildman–Crippen MR) is 82.9 cm³/mol. The third-order valence-electron chi connectivity index (χ3n) is 2.95. The molecule has 3 N–H and O–H groups in total. The Morgan fingerprint density at radius 2 is 2.10 bits per heavy atom. The second-order valence-electron chi connectivity index (χ2n) is 4.38. The second-order valence-corrected chi connectivity index (χ2v) is 5.24. The molecular formula is C15H14BrFN2O2. The minimum atomic E-state index is -0.592. The molecule has 4 nitrogen and oxygen atoms in total. The molecule has 0 aliphatic heterocycles. The van der Waals surface area contributed by atoms with Gasteiger partial charge >= 0.3 is 0 Å². The Morgan fingerprint density at radius 3 is 2.71 bits per heavy atom. The van der Waals surface area contributed by atoms with Crippen molar-refractivity contribution in [3.8, 4) is 5.75 Å². The van der Waals surface area contributed by atoms with Crippen LogP contribution in [0.15, 0.2) is 40.9 Å². The zero-order valence-corrected chi connectivity index (χ0v) is 12.9. The Balaban J connectivity index is 2.14. The first kappa shape index (κ1) is 15.3. The fraction of sp³-hybridized carbons (Fsp3) is 0.133. The van der Waals surface area contributed by atoms with Crippen LogP contribution in [0.2, 0.25) is 0 Å². The molecule has 0 heterocycles. The molecule has 0 aliphatic carbocycles. The van der Waals surface area contributed by atoms with E-state index in [2.05, 4.69) is 21.2 Å². The average molecular weight is 353 g/mol. The lowest BCUT2D eigenvalue weighted by Gasteiger charge is -2.10. The fourth-order valence-electron chi connectivity index (χ4n) is 1.83. The molecule has 0 aliphatic rings. The summed E-state index contributed by atoms with van der Waals surface area (Å²) in [5.41, 5.74) is 6.61. The van der Waals surface area contributed by atoms with Crippen molar-refractivity contribution in [1.82, 2.24) is 0 Å². The van der Waals surface area contributed by atoms with E-state index in [-0.39, 0.29) is 11.3 Å². The smallest absolute Gasteiger partial charge is 0.248 e. The molecule has 0 spiro atoms. The number of hydrogen-bond donors (Lipinski definition) is 2. The summed E-state index contributed by atoms with van der Waals surface area (Å²) < 4.78 is 19.7. The van der Waals surface area contributed by atoms with Gasteiger partial charge in [-0.05, 0) is 51.8 Å². The van der Waals surface area contributed by atoms with Crippen LogP contribution in [0.4, 0.5) is 10.1 Å². The first-order valence-corrected chi connectivity index (χ1v) is 6.96. The molecule has 0 saturated heterocycles. The lowest BCUT2D eigenvalue weighted by Crippen LogP contribution is -2.12. The van der Waals surface area contributed by atoms with Gasteiger partial charge in [-0.25, -0.2) is 4.39 Å². The molecule has 0 unspecified atom stereocenters. The van der Waals surface area contributed by atoms with Crippen LogP contribution in [-0.4, -0.2) is 13.0 Å². The molecule has 2 rings (SSSR count). The van der Waals surface area contributed by atoms with Crippen molar-refractivity contribution in [1.29, 1.82) is 0 Å². The van der Waals surface area contributed by atoms with Gasteiger partial charge in [-0.1, -0.05) is 6.07 Å². The molecular weight excluding hydrogens is 339 g/mol. The van der Waals surface area contributed by atoms with Crippen molar-refractivity contribution in [2.45, 2.75) is 6.54 Å². The van der Waals surface area contributed by atoms with Crippen LogP contribution in [0.5, 0.6) is 5.75 Å². The van der Waals surface area contributed by atoms with Crippen molar-refractivity contribution >= 4 is 27.5 Å². The highest BCUT2D eigenvalue weighted by Gasteiger charge is 2.07. The Bertz CT molecular complexity index is 677. The zero-order valence-electron chi connectivity index (χ0n) is 11.3. The maximum absolute atomic E-state index is 13.7. The summed E-state index contributed by atoms with van der Waals surface area (Å²) in [5, 5.41) is 2.94. The minimum Gasteiger partial charge on any atom is -0.496 e. The van der Waals surface area contributed by atoms with E-state index in [0.717, 1.165) is 15.8 Å². The van der Waals surface area contributed by atoms with Gasteiger partial charge in [0.1, 0.15) is 11.6 Å². The molecule has 6 heteroatoms. The predicted octanol–water partition coefficient (Wildman–Crippen LogP) is 3.31. The number of benzene rings is 2. The van der Waals surface area contributed by atoms with Crippen LogP contribution >= 0.6 is 15.9 Å². The third kappa shape index (κ3) is 3.72. The maximum Gasteiger partial charge on any atom is 0.248 e. The Hall–Kier alpha value is -2.08. The van der Waals surface area contributed by atoms with E-state index >= 15 is 0 Å². The molecule has 2 aromatic rings. The topological polar surface area (TPSA) is 64.3 Å². The molecule has 0 atom stereocenters. The van der Waals surface area contributed by atoms with Gasteiger partial charge in [0.25, 0.3) is 0 Å². The molecule has 2 aromatic carbocycles. The quantitative estimate of drug-likeness (QED) is 0.867. The van der Waals surface area contributed by atoms with Crippen molar-refractivity contribution in [3.63, 3.8) is 0 Å². The van der Waals surface area contributed by atoms with Crippen molar-refractivity contribution in [2.24, 2.45) is 5.73 Å². The molecule has 21 heavy (non-hydrogen) atoms. The summed E-state index contributed by atoms with van der Waals surface area (Å²) in [7, 11) is 1.59. The van der Waals surface area contributed by atoms with E-state index in [1.165, 1.54) is 18.2 Å². The number of methoxy groups -OCH3 is 1. The van der Waals surface area contributed by atoms with Crippen LogP contribution in [0.25, 0.3) is 0 Å². The molecule has 1 amide bonds. The van der Waals surface area contributed by atoms with Crippen molar-refractivity contribution in [2.75, 3.05) is 12.4 Å². The number of ether oxygens (including phenoxy) is 1. The van der Waals surface area contributed by atoms with Gasteiger partial charge < -0.3 is 15.8 Å². The molecule has 0 bridgehead atoms. The van der Waals surface area contributed by atoms with Crippen LogP contribution in [-0.2, 0) is 6.54 Å². The molecule has 0 fully saturated rings. The van der Waals surface area contributed by atoms with Gasteiger partial charge in [-0.15, -0.1) is 0 Å². The number of hydrogen-bond acceptors (Lipinski definition) is 3. The number of anilines is 1. The standard InChI is InChI=1S/C15H14BrFN2O2/c1-21-14-5-2-9(6-11(14)16)8-19-13-7-10(15(18)20)3-4-12(13)17/h2-7,19H,8H2,1H3,(H2,18,20). The van der Waals surface area contributed by atoms with E-state index < -0.39 is 11.7 Å². The van der Waals surface area contributed by atoms with Crippen molar-refractivity contribution in [3.05, 3.63) is 57.8 Å². The fourth-order valence-corrected chi connectivity index (χ4v) is 2.42. The first-order valence-electron chi connectivity index (χ1n) is 6.17. The summed E-state index contributed by atoms with van der Waals surface area (Å²) >= 11 is 3.39. The molecule has 110 valence electrons. The lowest BCUT2D eigenvalue weighted by molar-refractivity contribution is 0.100. The van der Waals surface area contributed by atoms with Crippen LogP contribution in [0, 0.1) is 5.82 Å². The van der Waals surface area contributed by atoms with Gasteiger partial charge in [0.15, 0.2) is 0 Å². The van der Waals surface area contributed by atoms with Gasteiger partial charge in [0.05, 0.1) is 17.3 Å². The number of nitrogens with one attached hydrogen (secondary N) is 1. The Labute approximate surface area is 130 Å². The third-order valence-corrected chi connectivity index (χ3v) is 3.57. The van der Waals surface area contributed by atoms with Crippen LogP contribution in [0.3, 0.4) is 0 Å². The van der Waals surface area contributed by atoms with Crippen LogP contribution < -0.4 is 15.8 Å². The SMILES string of the molecule is COc1ccc(CNc2cc(C(N)=O)ccc2F)cc1Br. The number of rotatable bonds is 5. The number of primary amides is 1. The summed E-state index contributed by atoms with van der Waals surface area (Å²) in [4.78, 5) is 11.1. The lowest BCUT2D eigenvalue weighted by atomic mass is 10.1. The largest absolute Gasteiger partial charge is 0.496 e. The van der Waals surface area contributed by atoms with E-state index in [1.54, 1.807) is 7.11 Å². The minimum absolute atomic E-state index is 0.234. The summed E-state index contributed by atoms with van der Waals surface area (Å²) in [5.74, 6) is -0.307. The number of carbonyl (C=O) groups is 1. The first-order chi connectivity index (χ1) is 10.0. The number of halogens is 2. The van der Waals surface area contributed by atoms with E-state index in [4.69, 9.17) is 10.5 Å². The molecule has 0 saturated carbocycles. The summed E-state index contributed by atoms with van der Waals surface area (Å²) in [6, 6.07) is 9.53. The molecule has 0 aromatic heterocycles. The highest BCUT2D eigenvalue weighted by molar-refractivity contribution is 9.10. The second kappa shape index (κ2) is 6.58. The number of amides is 1. The summed E-state index contributed by atoms with van der Waals surface area (Å²) in [6.07, 6.45) is 0. The number of carbonyl (C=O) groups excluding carboxylic acids is 1. The number of nitrogens with two attached hydrogens (primary N) is 1. The zero-order chi connectivity index (χ0) is 15.4. The van der Waals surface area contributed by atoms with Gasteiger partial charge in [0.2, 0.25) is 5.91 Å².